The lowest BCUT2D eigenvalue weighted by Gasteiger charge is -2.00. The summed E-state index contributed by atoms with van der Waals surface area (Å²) in [4.78, 5) is 0. The van der Waals surface area contributed by atoms with E-state index in [1.807, 2.05) is 36.5 Å². The third kappa shape index (κ3) is 3.22. The predicted octanol–water partition coefficient (Wildman–Crippen LogP) is 3.81. The van der Waals surface area contributed by atoms with Gasteiger partial charge in [0.05, 0.1) is 18.1 Å². The van der Waals surface area contributed by atoms with Crippen LogP contribution < -0.4 is 0 Å². The summed E-state index contributed by atoms with van der Waals surface area (Å²) in [5.41, 5.74) is 2.47. The predicted molar refractivity (Wildman–Crippen MR) is 99.4 cm³/mol. The number of H-pyrrole nitrogens is 1. The van der Waals surface area contributed by atoms with Crippen LogP contribution in [0.2, 0.25) is 0 Å². The summed E-state index contributed by atoms with van der Waals surface area (Å²) in [5.74, 6) is 0.188. The van der Waals surface area contributed by atoms with E-state index in [2.05, 4.69) is 20.4 Å². The molecule has 8 heteroatoms. The molecule has 2 heterocycles. The molecule has 0 saturated heterocycles. The number of nitrogens with one attached hydrogen (secondary N) is 1. The smallest absolute Gasteiger partial charge is 0.216 e. The van der Waals surface area contributed by atoms with E-state index in [-0.39, 0.29) is 5.82 Å². The maximum Gasteiger partial charge on any atom is 0.216 e. The van der Waals surface area contributed by atoms with Crippen molar-refractivity contribution in [3.63, 3.8) is 0 Å². The van der Waals surface area contributed by atoms with Crippen molar-refractivity contribution in [1.82, 2.24) is 24.7 Å². The minimum absolute atomic E-state index is 0.314. The number of nitrogens with zero attached hydrogens (tertiary/aromatic N) is 5. The van der Waals surface area contributed by atoms with Crippen molar-refractivity contribution in [2.75, 3.05) is 0 Å². The van der Waals surface area contributed by atoms with Gasteiger partial charge in [-0.05, 0) is 48.6 Å². The molecule has 26 heavy (non-hydrogen) atoms. The highest BCUT2D eigenvalue weighted by Gasteiger charge is 2.08. The van der Waals surface area contributed by atoms with Crippen LogP contribution in [0.4, 0.5) is 4.39 Å². The molecule has 0 aliphatic carbocycles. The quantitative estimate of drug-likeness (QED) is 0.442. The molecule has 0 spiro atoms. The van der Waals surface area contributed by atoms with Crippen molar-refractivity contribution >= 4 is 18.4 Å². The third-order valence-corrected chi connectivity index (χ3v) is 3.96. The Morgan fingerprint density at radius 3 is 2.62 bits per heavy atom. The third-order valence-electron chi connectivity index (χ3n) is 3.70. The molecule has 0 radical (unpaired) electrons. The number of benzene rings is 2. The van der Waals surface area contributed by atoms with E-state index in [1.165, 1.54) is 16.8 Å². The van der Waals surface area contributed by atoms with Gasteiger partial charge in [0.15, 0.2) is 5.82 Å². The molecule has 0 amide bonds. The summed E-state index contributed by atoms with van der Waals surface area (Å²) in [5, 5.41) is 15.6. The van der Waals surface area contributed by atoms with E-state index in [1.54, 1.807) is 29.2 Å². The van der Waals surface area contributed by atoms with Gasteiger partial charge in [-0.1, -0.05) is 18.2 Å². The van der Waals surface area contributed by atoms with Crippen molar-refractivity contribution in [3.8, 4) is 17.1 Å². The Kier molecular flexibility index (Phi) is 4.24. The second kappa shape index (κ2) is 6.85. The van der Waals surface area contributed by atoms with Crippen LogP contribution in [-0.4, -0.2) is 30.9 Å². The molecule has 0 atom stereocenters. The second-order valence-corrected chi connectivity index (χ2v) is 5.86. The lowest BCUT2D eigenvalue weighted by molar-refractivity contribution is 0.628. The molecule has 0 saturated carbocycles. The molecule has 128 valence electrons. The number of hydrogen-bond acceptors (Lipinski definition) is 4. The van der Waals surface area contributed by atoms with Gasteiger partial charge in [-0.25, -0.2) is 14.2 Å². The number of para-hydroxylation sites is 1. The van der Waals surface area contributed by atoms with Crippen LogP contribution in [0.3, 0.4) is 0 Å². The maximum absolute atomic E-state index is 13.1. The first-order chi connectivity index (χ1) is 12.7. The highest BCUT2D eigenvalue weighted by molar-refractivity contribution is 7.71. The fourth-order valence-corrected chi connectivity index (χ4v) is 2.61. The van der Waals surface area contributed by atoms with Crippen molar-refractivity contribution in [2.24, 2.45) is 5.10 Å². The van der Waals surface area contributed by atoms with E-state index in [9.17, 15) is 4.39 Å². The summed E-state index contributed by atoms with van der Waals surface area (Å²) in [6.07, 6.45) is 5.21. The monoisotopic (exact) mass is 364 g/mol. The lowest BCUT2D eigenvalue weighted by atomic mass is 10.2. The van der Waals surface area contributed by atoms with Gasteiger partial charge >= 0.3 is 0 Å². The van der Waals surface area contributed by atoms with Crippen molar-refractivity contribution < 1.29 is 4.39 Å². The molecule has 0 unspecified atom stereocenters. The molecule has 0 bridgehead atoms. The van der Waals surface area contributed by atoms with Gasteiger partial charge in [0.25, 0.3) is 0 Å². The van der Waals surface area contributed by atoms with Gasteiger partial charge in [0.2, 0.25) is 4.77 Å². The van der Waals surface area contributed by atoms with Gasteiger partial charge in [-0.2, -0.15) is 20.0 Å². The first kappa shape index (κ1) is 16.1. The Balaban J connectivity index is 1.64. The summed E-state index contributed by atoms with van der Waals surface area (Å²) in [6.45, 7) is 0. The second-order valence-electron chi connectivity index (χ2n) is 5.47. The Bertz CT molecular complexity index is 1110. The Morgan fingerprint density at radius 2 is 1.85 bits per heavy atom. The fourth-order valence-electron chi connectivity index (χ4n) is 2.43. The van der Waals surface area contributed by atoms with Crippen LogP contribution in [0, 0.1) is 10.6 Å². The molecule has 0 aliphatic heterocycles. The number of rotatable bonds is 4. The molecular formula is C18H13FN6S. The summed E-state index contributed by atoms with van der Waals surface area (Å²) in [6, 6.07) is 15.8. The van der Waals surface area contributed by atoms with E-state index >= 15 is 0 Å². The van der Waals surface area contributed by atoms with Crippen LogP contribution in [0.25, 0.3) is 17.1 Å². The van der Waals surface area contributed by atoms with E-state index in [4.69, 9.17) is 12.2 Å². The Hall–Kier alpha value is -3.39. The zero-order valence-corrected chi connectivity index (χ0v) is 14.3. The van der Waals surface area contributed by atoms with E-state index in [0.29, 0.717) is 16.2 Å². The van der Waals surface area contributed by atoms with Crippen molar-refractivity contribution in [2.45, 2.75) is 0 Å². The van der Waals surface area contributed by atoms with Crippen molar-refractivity contribution in [3.05, 3.63) is 83.1 Å². The van der Waals surface area contributed by atoms with Gasteiger partial charge in [0.1, 0.15) is 5.82 Å². The average molecular weight is 364 g/mol. The van der Waals surface area contributed by atoms with Crippen LogP contribution in [-0.2, 0) is 0 Å². The van der Waals surface area contributed by atoms with Crippen LogP contribution in [0.5, 0.6) is 0 Å². The first-order valence-corrected chi connectivity index (χ1v) is 8.19. The highest BCUT2D eigenvalue weighted by atomic mass is 32.1. The molecule has 4 rings (SSSR count). The molecule has 2 aromatic heterocycles. The molecule has 2 aromatic carbocycles. The average Bonchev–Trinajstić information content (AvgIpc) is 3.28. The SMILES string of the molecule is Fc1ccc(-c2n[nH]c(=S)n2/N=C\c2cnn(-c3ccccc3)c2)cc1. The standard InChI is InChI=1S/C18H13FN6S/c19-15-8-6-14(7-9-15)17-22-23-18(26)25(17)21-11-13-10-20-24(12-13)16-4-2-1-3-5-16/h1-12H,(H,23,26)/b21-11-. The van der Waals surface area contributed by atoms with Gasteiger partial charge < -0.3 is 0 Å². The maximum atomic E-state index is 13.1. The minimum atomic E-state index is -0.314. The number of aromatic nitrogens is 5. The van der Waals surface area contributed by atoms with Crippen LogP contribution in [0.1, 0.15) is 5.56 Å². The van der Waals surface area contributed by atoms with Crippen molar-refractivity contribution in [1.29, 1.82) is 0 Å². The van der Waals surface area contributed by atoms with Crippen LogP contribution in [0.15, 0.2) is 72.1 Å². The lowest BCUT2D eigenvalue weighted by Crippen LogP contribution is -1.95. The Labute approximate surface area is 153 Å². The minimum Gasteiger partial charge on any atom is -0.250 e. The molecule has 1 N–H and O–H groups in total. The fraction of sp³-hybridized carbons (Fsp3) is 0. The number of halogens is 1. The Morgan fingerprint density at radius 1 is 1.08 bits per heavy atom. The molecule has 0 aliphatic rings. The molecule has 6 nitrogen and oxygen atoms in total. The summed E-state index contributed by atoms with van der Waals surface area (Å²) < 4.78 is 16.7. The zero-order valence-electron chi connectivity index (χ0n) is 13.5. The highest BCUT2D eigenvalue weighted by Crippen LogP contribution is 2.17. The summed E-state index contributed by atoms with van der Waals surface area (Å²) >= 11 is 5.23. The molecule has 0 fully saturated rings. The number of aromatic amines is 1. The molecular weight excluding hydrogens is 351 g/mol. The number of hydrogen-bond donors (Lipinski definition) is 1. The molecule has 4 aromatic rings. The van der Waals surface area contributed by atoms with Gasteiger partial charge in [-0.15, -0.1) is 0 Å². The topological polar surface area (TPSA) is 63.8 Å². The first-order valence-electron chi connectivity index (χ1n) is 7.78. The van der Waals surface area contributed by atoms with Gasteiger partial charge in [0, 0.05) is 17.3 Å². The zero-order chi connectivity index (χ0) is 17.9. The van der Waals surface area contributed by atoms with Gasteiger partial charge in [-0.3, -0.25) is 0 Å². The summed E-state index contributed by atoms with van der Waals surface area (Å²) in [7, 11) is 0. The van der Waals surface area contributed by atoms with E-state index in [0.717, 1.165) is 11.3 Å². The normalized spacial score (nSPS) is 11.3. The van der Waals surface area contributed by atoms with E-state index < -0.39 is 0 Å². The van der Waals surface area contributed by atoms with Crippen LogP contribution >= 0.6 is 12.2 Å². The largest absolute Gasteiger partial charge is 0.250 e.